The average molecular weight is 314 g/mol. The van der Waals surface area contributed by atoms with Crippen LogP contribution in [0.15, 0.2) is 18.2 Å². The van der Waals surface area contributed by atoms with Crippen molar-refractivity contribution in [1.82, 2.24) is 0 Å². The first-order valence-electron chi connectivity index (χ1n) is 3.79. The van der Waals surface area contributed by atoms with Gasteiger partial charge in [0.25, 0.3) is 0 Å². The minimum atomic E-state index is -3.41. The van der Waals surface area contributed by atoms with Crippen LogP contribution in [0.3, 0.4) is 0 Å². The zero-order valence-electron chi connectivity index (χ0n) is 7.90. The van der Waals surface area contributed by atoms with Crippen molar-refractivity contribution in [2.24, 2.45) is 0 Å². The molecule has 0 aliphatic heterocycles. The van der Waals surface area contributed by atoms with Gasteiger partial charge in [0.05, 0.1) is 0 Å². The zero-order valence-corrected chi connectivity index (χ0v) is 11.4. The van der Waals surface area contributed by atoms with E-state index in [2.05, 4.69) is 21.6 Å². The molecule has 0 saturated carbocycles. The van der Waals surface area contributed by atoms with Crippen molar-refractivity contribution in [1.29, 1.82) is 0 Å². The first kappa shape index (κ1) is 14.7. The number of rotatable bonds is 3. The number of hydrogen-bond donors (Lipinski definition) is 1. The maximum absolute atomic E-state index is 13.2. The number of anilines is 1. The minimum Gasteiger partial charge on any atom is -0.147 e. The van der Waals surface area contributed by atoms with Gasteiger partial charge in [-0.3, -0.25) is 0 Å². The number of halogens is 2. The normalized spacial score (nSPS) is 10.6. The molecule has 0 spiro atoms. The van der Waals surface area contributed by atoms with E-state index in [1.165, 1.54) is 12.1 Å². The van der Waals surface area contributed by atoms with Crippen molar-refractivity contribution in [3.63, 3.8) is 0 Å². The van der Waals surface area contributed by atoms with Gasteiger partial charge in [-0.2, -0.15) is 0 Å². The van der Waals surface area contributed by atoms with Gasteiger partial charge in [0.2, 0.25) is 0 Å². The summed E-state index contributed by atoms with van der Waals surface area (Å²) in [5, 5.41) is 0.656. The molecule has 1 rings (SSSR count). The second-order valence-corrected chi connectivity index (χ2v) is 5.26. The molecule has 0 fully saturated rings. The van der Waals surface area contributed by atoms with Crippen LogP contribution in [0.1, 0.15) is 5.56 Å². The van der Waals surface area contributed by atoms with Crippen molar-refractivity contribution in [3.05, 3.63) is 29.6 Å². The topological polar surface area (TPSA) is 46.2 Å². The molecule has 0 bridgehead atoms. The molecule has 15 heavy (non-hydrogen) atoms. The Balaban J connectivity index is 0.00000196. The van der Waals surface area contributed by atoms with E-state index in [0.29, 0.717) is 5.21 Å². The molecule has 0 heterocycles. The maximum atomic E-state index is 13.2. The summed E-state index contributed by atoms with van der Waals surface area (Å²) in [4.78, 5) is 0. The van der Waals surface area contributed by atoms with Crippen LogP contribution < -0.4 is 4.72 Å². The first-order chi connectivity index (χ1) is 6.42. The van der Waals surface area contributed by atoms with Crippen molar-refractivity contribution >= 4 is 45.0 Å². The molecule has 0 atom stereocenters. The Hall–Kier alpha value is -0.252. The smallest absolute Gasteiger partial charge is 0.147 e. The van der Waals surface area contributed by atoms with Crippen LogP contribution in [0.25, 0.3) is 0 Å². The van der Waals surface area contributed by atoms with Gasteiger partial charge in [-0.15, -0.1) is 12.4 Å². The molecule has 0 unspecified atom stereocenters. The van der Waals surface area contributed by atoms with E-state index < -0.39 is 15.8 Å². The molecule has 0 saturated heterocycles. The Morgan fingerprint density at radius 1 is 1.47 bits per heavy atom. The van der Waals surface area contributed by atoms with Crippen molar-refractivity contribution < 1.29 is 12.8 Å². The van der Waals surface area contributed by atoms with Gasteiger partial charge >= 0.3 is 91.1 Å². The summed E-state index contributed by atoms with van der Waals surface area (Å²) in [6.45, 7) is 0. The van der Waals surface area contributed by atoms with Crippen LogP contribution in [0.4, 0.5) is 10.1 Å². The number of benzene rings is 1. The van der Waals surface area contributed by atoms with Crippen LogP contribution in [0.5, 0.6) is 0 Å². The maximum Gasteiger partial charge on any atom is -0.147 e. The van der Waals surface area contributed by atoms with Gasteiger partial charge in [-0.25, -0.2) is 0 Å². The van der Waals surface area contributed by atoms with Gasteiger partial charge < -0.3 is 0 Å². The molecule has 7 heteroatoms. The summed E-state index contributed by atoms with van der Waals surface area (Å²) in [6.07, 6.45) is 0.983. The van der Waals surface area contributed by atoms with Gasteiger partial charge in [0.15, 0.2) is 0 Å². The Morgan fingerprint density at radius 2 is 2.07 bits per heavy atom. The molecular weight excluding hydrogens is 304 g/mol. The summed E-state index contributed by atoms with van der Waals surface area (Å²) in [6, 6.07) is 4.40. The molecular formula is C8H10AsClFNO2S. The summed E-state index contributed by atoms with van der Waals surface area (Å²) in [5.41, 5.74) is 0.791. The summed E-state index contributed by atoms with van der Waals surface area (Å²) < 4.78 is 37.0. The van der Waals surface area contributed by atoms with Gasteiger partial charge in [0.1, 0.15) is 0 Å². The van der Waals surface area contributed by atoms with E-state index in [-0.39, 0.29) is 18.1 Å². The number of nitrogens with one attached hydrogen (secondary N) is 1. The van der Waals surface area contributed by atoms with E-state index in [0.717, 1.165) is 11.8 Å². The molecule has 0 aliphatic carbocycles. The molecule has 2 radical (unpaired) electrons. The van der Waals surface area contributed by atoms with Crippen LogP contribution in [-0.4, -0.2) is 31.5 Å². The van der Waals surface area contributed by atoms with Gasteiger partial charge in [0, 0.05) is 0 Å². The van der Waals surface area contributed by atoms with Gasteiger partial charge in [-0.1, -0.05) is 0 Å². The second kappa shape index (κ2) is 5.73. The van der Waals surface area contributed by atoms with Crippen LogP contribution >= 0.6 is 12.4 Å². The van der Waals surface area contributed by atoms with Crippen LogP contribution in [0.2, 0.25) is 0 Å². The Morgan fingerprint density at radius 3 is 2.47 bits per heavy atom. The van der Waals surface area contributed by atoms with Crippen LogP contribution in [0, 0.1) is 5.82 Å². The molecule has 0 aromatic heterocycles. The van der Waals surface area contributed by atoms with E-state index in [9.17, 15) is 12.8 Å². The van der Waals surface area contributed by atoms with E-state index in [1.54, 1.807) is 6.07 Å². The average Bonchev–Trinajstić information content (AvgIpc) is 2.06. The second-order valence-electron chi connectivity index (χ2n) is 2.85. The van der Waals surface area contributed by atoms with Crippen LogP contribution in [-0.2, 0) is 15.2 Å². The van der Waals surface area contributed by atoms with Gasteiger partial charge in [-0.05, 0) is 0 Å². The number of sulfonamides is 1. The predicted octanol–water partition coefficient (Wildman–Crippen LogP) is 1.29. The monoisotopic (exact) mass is 313 g/mol. The van der Waals surface area contributed by atoms with E-state index in [1.807, 2.05) is 0 Å². The molecule has 1 aromatic rings. The number of hydrogen-bond acceptors (Lipinski definition) is 2. The van der Waals surface area contributed by atoms with Crippen molar-refractivity contribution in [2.45, 2.75) is 5.21 Å². The SMILES string of the molecule is CS(=O)(=O)Nc1ccc(C[As])cc1F.Cl. The largest absolute Gasteiger partial charge is 0.147 e. The predicted molar refractivity (Wildman–Crippen MR) is 61.6 cm³/mol. The summed E-state index contributed by atoms with van der Waals surface area (Å²) >= 11 is 2.32. The molecule has 84 valence electrons. The fourth-order valence-corrected chi connectivity index (χ4v) is 1.92. The minimum absolute atomic E-state index is 0. The van der Waals surface area contributed by atoms with Crippen molar-refractivity contribution in [2.75, 3.05) is 11.0 Å². The molecule has 0 aliphatic rings. The molecule has 0 amide bonds. The third kappa shape index (κ3) is 4.87. The zero-order chi connectivity index (χ0) is 10.8. The molecule has 1 aromatic carbocycles. The Labute approximate surface area is 103 Å². The Kier molecular flexibility index (Phi) is 5.63. The standard InChI is InChI=1S/C8H9AsFNO2S.ClH/c1-14(12,13)11-8-3-2-6(5-9)4-7(8)10;/h2-4,11H,5H2,1H3;1H. The quantitative estimate of drug-likeness (QED) is 0.855. The van der Waals surface area contributed by atoms with E-state index >= 15 is 0 Å². The Bertz CT molecular complexity index is 438. The third-order valence-corrected chi connectivity index (χ3v) is 2.87. The summed E-state index contributed by atoms with van der Waals surface area (Å²) in [5.74, 6) is -0.557. The van der Waals surface area contributed by atoms with Crippen molar-refractivity contribution in [3.8, 4) is 0 Å². The first-order valence-corrected chi connectivity index (χ1v) is 7.01. The molecule has 3 nitrogen and oxygen atoms in total. The fourth-order valence-electron chi connectivity index (χ4n) is 0.939. The summed E-state index contributed by atoms with van der Waals surface area (Å²) in [7, 11) is -3.41. The molecule has 1 N–H and O–H groups in total. The fraction of sp³-hybridized carbons (Fsp3) is 0.250. The van der Waals surface area contributed by atoms with E-state index in [4.69, 9.17) is 0 Å². The third-order valence-electron chi connectivity index (χ3n) is 1.51.